The molecule has 0 amide bonds. The number of ether oxygens (including phenoxy) is 1. The van der Waals surface area contributed by atoms with Gasteiger partial charge in [0.1, 0.15) is 11.4 Å². The Morgan fingerprint density at radius 2 is 1.87 bits per heavy atom. The topological polar surface area (TPSA) is 76.0 Å². The highest BCUT2D eigenvalue weighted by molar-refractivity contribution is 6.60. The van der Waals surface area contributed by atoms with Crippen molar-refractivity contribution >= 4 is 18.4 Å². The highest BCUT2D eigenvalue weighted by Gasteiger charge is 2.40. The third kappa shape index (κ3) is 3.76. The minimum Gasteiger partial charge on any atom is -0.487 e. The predicted molar refractivity (Wildman–Crippen MR) is 89.2 cm³/mol. The van der Waals surface area contributed by atoms with E-state index in [-0.39, 0.29) is 12.2 Å². The van der Waals surface area contributed by atoms with Crippen LogP contribution >= 0.6 is 0 Å². The van der Waals surface area contributed by atoms with E-state index in [4.69, 9.17) is 9.39 Å². The predicted octanol–water partition coefficient (Wildman–Crippen LogP) is 1.68. The van der Waals surface area contributed by atoms with Crippen molar-refractivity contribution in [2.45, 2.75) is 64.8 Å². The summed E-state index contributed by atoms with van der Waals surface area (Å²) in [6.07, 6.45) is 0.287. The smallest absolute Gasteiger partial charge is 0.487 e. The van der Waals surface area contributed by atoms with Gasteiger partial charge >= 0.3 is 7.12 Å². The van der Waals surface area contributed by atoms with Crippen molar-refractivity contribution in [3.63, 3.8) is 0 Å². The fourth-order valence-electron chi connectivity index (χ4n) is 2.32. The number of benzene rings is 1. The van der Waals surface area contributed by atoms with Gasteiger partial charge in [-0.25, -0.2) is 0 Å². The second kappa shape index (κ2) is 5.62. The minimum atomic E-state index is -1.25. The van der Waals surface area contributed by atoms with E-state index in [1.807, 2.05) is 13.8 Å². The van der Waals surface area contributed by atoms with Crippen LogP contribution < -0.4 is 10.2 Å². The van der Waals surface area contributed by atoms with Gasteiger partial charge in [-0.3, -0.25) is 4.79 Å². The molecule has 0 aliphatic carbocycles. The lowest BCUT2D eigenvalue weighted by Gasteiger charge is -2.38. The molecule has 0 saturated carbocycles. The van der Waals surface area contributed by atoms with Crippen molar-refractivity contribution in [2.24, 2.45) is 0 Å². The molecule has 126 valence electrons. The molecule has 1 aromatic rings. The Labute approximate surface area is 137 Å². The van der Waals surface area contributed by atoms with Gasteiger partial charge in [0, 0.05) is 0 Å². The second-order valence-corrected chi connectivity index (χ2v) is 7.76. The molecule has 0 atom stereocenters. The first-order valence-electron chi connectivity index (χ1n) is 7.77. The standard InChI is InChI=1S/C17H25BO5/c1-15(2)10-13(19)12-9-11(7-8-14(12)22-15)18(21)23-17(5,6)16(3,4)20/h7-9,20-21H,10H2,1-6H3. The molecule has 2 rings (SSSR count). The van der Waals surface area contributed by atoms with Gasteiger partial charge in [0.05, 0.1) is 23.2 Å². The summed E-state index contributed by atoms with van der Waals surface area (Å²) >= 11 is 0. The van der Waals surface area contributed by atoms with E-state index in [1.54, 1.807) is 45.9 Å². The van der Waals surface area contributed by atoms with Crippen LogP contribution in [0, 0.1) is 0 Å². The molecule has 0 unspecified atom stereocenters. The largest absolute Gasteiger partial charge is 0.491 e. The second-order valence-electron chi connectivity index (χ2n) is 7.76. The lowest BCUT2D eigenvalue weighted by atomic mass is 9.75. The molecule has 0 fully saturated rings. The van der Waals surface area contributed by atoms with Crippen LogP contribution in [0.4, 0.5) is 0 Å². The normalized spacial score (nSPS) is 17.5. The van der Waals surface area contributed by atoms with E-state index < -0.39 is 23.9 Å². The SMILES string of the molecule is CC1(C)CC(=O)c2cc(B(O)OC(C)(C)C(C)(C)O)ccc2O1. The summed E-state index contributed by atoms with van der Waals surface area (Å²) in [5.41, 5.74) is -1.72. The zero-order valence-corrected chi connectivity index (χ0v) is 14.6. The number of carbonyl (C=O) groups excluding carboxylic acids is 1. The fourth-order valence-corrected chi connectivity index (χ4v) is 2.32. The van der Waals surface area contributed by atoms with Gasteiger partial charge in [0.15, 0.2) is 5.78 Å². The molecule has 1 heterocycles. The molecule has 0 aromatic heterocycles. The van der Waals surface area contributed by atoms with Crippen molar-refractivity contribution in [2.75, 3.05) is 0 Å². The summed E-state index contributed by atoms with van der Waals surface area (Å²) in [5, 5.41) is 20.4. The van der Waals surface area contributed by atoms with Gasteiger partial charge in [-0.15, -0.1) is 0 Å². The highest BCUT2D eigenvalue weighted by atomic mass is 16.5. The van der Waals surface area contributed by atoms with E-state index in [1.165, 1.54) is 0 Å². The molecule has 0 bridgehead atoms. The van der Waals surface area contributed by atoms with Gasteiger partial charge in [-0.1, -0.05) is 6.07 Å². The Morgan fingerprint density at radius 3 is 2.43 bits per heavy atom. The molecule has 6 heteroatoms. The Balaban J connectivity index is 2.26. The molecular formula is C17H25BO5. The van der Waals surface area contributed by atoms with Crippen molar-refractivity contribution in [1.29, 1.82) is 0 Å². The van der Waals surface area contributed by atoms with E-state index >= 15 is 0 Å². The monoisotopic (exact) mass is 320 g/mol. The lowest BCUT2D eigenvalue weighted by molar-refractivity contribution is -0.0982. The summed E-state index contributed by atoms with van der Waals surface area (Å²) in [6.45, 7) is 10.4. The highest BCUT2D eigenvalue weighted by Crippen LogP contribution is 2.32. The Hall–Kier alpha value is -1.37. The van der Waals surface area contributed by atoms with E-state index in [0.29, 0.717) is 16.8 Å². The van der Waals surface area contributed by atoms with Gasteiger partial charge in [-0.05, 0) is 59.1 Å². The van der Waals surface area contributed by atoms with Crippen molar-refractivity contribution in [3.8, 4) is 5.75 Å². The van der Waals surface area contributed by atoms with E-state index in [0.717, 1.165) is 0 Å². The maximum Gasteiger partial charge on any atom is 0.491 e. The summed E-state index contributed by atoms with van der Waals surface area (Å²) < 4.78 is 11.4. The van der Waals surface area contributed by atoms with Crippen molar-refractivity contribution < 1.29 is 24.3 Å². The maximum atomic E-state index is 12.3. The van der Waals surface area contributed by atoms with E-state index in [2.05, 4.69) is 0 Å². The zero-order chi connectivity index (χ0) is 17.6. The number of fused-ring (bicyclic) bond motifs is 1. The first-order valence-corrected chi connectivity index (χ1v) is 7.77. The number of hydrogen-bond acceptors (Lipinski definition) is 5. The van der Waals surface area contributed by atoms with Crippen LogP contribution in [-0.4, -0.2) is 39.8 Å². The zero-order valence-electron chi connectivity index (χ0n) is 14.6. The van der Waals surface area contributed by atoms with Gasteiger partial charge in [0.2, 0.25) is 0 Å². The minimum absolute atomic E-state index is 0.0213. The average molecular weight is 320 g/mol. The molecule has 23 heavy (non-hydrogen) atoms. The van der Waals surface area contributed by atoms with Gasteiger partial charge in [0.25, 0.3) is 0 Å². The summed E-state index contributed by atoms with van der Waals surface area (Å²) in [5.74, 6) is 0.496. The number of hydrogen-bond donors (Lipinski definition) is 2. The average Bonchev–Trinajstić information content (AvgIpc) is 2.35. The number of rotatable bonds is 4. The molecular weight excluding hydrogens is 295 g/mol. The van der Waals surface area contributed by atoms with Crippen LogP contribution in [0.2, 0.25) is 0 Å². The Morgan fingerprint density at radius 1 is 1.26 bits per heavy atom. The Bertz CT molecular complexity index is 616. The number of aliphatic hydroxyl groups is 1. The summed E-state index contributed by atoms with van der Waals surface area (Å²) in [7, 11) is -1.25. The van der Waals surface area contributed by atoms with Crippen molar-refractivity contribution in [1.82, 2.24) is 0 Å². The molecule has 0 spiro atoms. The van der Waals surface area contributed by atoms with Crippen LogP contribution in [-0.2, 0) is 4.65 Å². The molecule has 2 N–H and O–H groups in total. The molecule has 5 nitrogen and oxygen atoms in total. The number of Topliss-reactive ketones (excluding diaryl/α,β-unsaturated/α-hetero) is 1. The molecule has 1 aromatic carbocycles. The lowest BCUT2D eigenvalue weighted by Crippen LogP contribution is -2.53. The van der Waals surface area contributed by atoms with Crippen LogP contribution in [0.5, 0.6) is 5.75 Å². The van der Waals surface area contributed by atoms with Crippen LogP contribution in [0.3, 0.4) is 0 Å². The maximum absolute atomic E-state index is 12.3. The third-order valence-electron chi connectivity index (χ3n) is 4.44. The quantitative estimate of drug-likeness (QED) is 0.826. The van der Waals surface area contributed by atoms with Crippen molar-refractivity contribution in [3.05, 3.63) is 23.8 Å². The first-order chi connectivity index (χ1) is 10.3. The molecule has 1 aliphatic heterocycles. The van der Waals surface area contributed by atoms with Gasteiger partial charge < -0.3 is 19.5 Å². The summed E-state index contributed by atoms with van der Waals surface area (Å²) in [6, 6.07) is 4.93. The number of ketones is 1. The van der Waals surface area contributed by atoms with E-state index in [9.17, 15) is 14.9 Å². The Kier molecular flexibility index (Phi) is 4.39. The molecule has 0 saturated heterocycles. The third-order valence-corrected chi connectivity index (χ3v) is 4.44. The number of carbonyl (C=O) groups is 1. The summed E-state index contributed by atoms with van der Waals surface area (Å²) in [4.78, 5) is 12.3. The first kappa shape index (κ1) is 18.0. The van der Waals surface area contributed by atoms with Crippen LogP contribution in [0.25, 0.3) is 0 Å². The van der Waals surface area contributed by atoms with Gasteiger partial charge in [-0.2, -0.15) is 0 Å². The van der Waals surface area contributed by atoms with Crippen LogP contribution in [0.15, 0.2) is 18.2 Å². The molecule has 0 radical (unpaired) electrons. The fraction of sp³-hybridized carbons (Fsp3) is 0.588. The molecule has 1 aliphatic rings. The van der Waals surface area contributed by atoms with Crippen LogP contribution in [0.1, 0.15) is 58.3 Å².